The van der Waals surface area contributed by atoms with Crippen LogP contribution in [0.2, 0.25) is 0 Å². The van der Waals surface area contributed by atoms with E-state index >= 15 is 0 Å². The van der Waals surface area contributed by atoms with Gasteiger partial charge < -0.3 is 19.5 Å². The second-order valence-corrected chi connectivity index (χ2v) is 7.75. The largest absolute Gasteiger partial charge is 0.493 e. The predicted molar refractivity (Wildman–Crippen MR) is 104 cm³/mol. The summed E-state index contributed by atoms with van der Waals surface area (Å²) in [5, 5.41) is 2.90. The predicted octanol–water partition coefficient (Wildman–Crippen LogP) is 2.07. The van der Waals surface area contributed by atoms with Crippen molar-refractivity contribution in [1.82, 2.24) is 19.8 Å². The smallest absolute Gasteiger partial charge is 0.312 e. The Morgan fingerprint density at radius 2 is 2.07 bits per heavy atom. The lowest BCUT2D eigenvalue weighted by Gasteiger charge is -2.29. The third kappa shape index (κ3) is 3.25. The van der Waals surface area contributed by atoms with Gasteiger partial charge in [-0.2, -0.15) is 0 Å². The maximum Gasteiger partial charge on any atom is 0.312 e. The molecule has 0 bridgehead atoms. The van der Waals surface area contributed by atoms with E-state index in [4.69, 9.17) is 9.72 Å². The summed E-state index contributed by atoms with van der Waals surface area (Å²) in [4.78, 5) is 31.7. The molecular formula is C21H26N4O3. The Balaban J connectivity index is 1.46. The van der Waals surface area contributed by atoms with Crippen molar-refractivity contribution in [3.05, 3.63) is 47.0 Å². The number of rotatable bonds is 2. The van der Waals surface area contributed by atoms with Gasteiger partial charge in [-0.05, 0) is 6.07 Å². The molecule has 0 radical (unpaired) electrons. The number of aromatic nitrogens is 2. The van der Waals surface area contributed by atoms with Crippen LogP contribution in [-0.4, -0.2) is 39.4 Å². The van der Waals surface area contributed by atoms with Gasteiger partial charge in [0.2, 0.25) is 0 Å². The average Bonchev–Trinajstić information content (AvgIpc) is 3.04. The van der Waals surface area contributed by atoms with E-state index in [1.165, 1.54) is 0 Å². The molecule has 7 nitrogen and oxygen atoms in total. The summed E-state index contributed by atoms with van der Waals surface area (Å²) in [7, 11) is 2.02. The Morgan fingerprint density at radius 1 is 1.29 bits per heavy atom. The molecule has 3 heterocycles. The number of imidazole rings is 1. The quantitative estimate of drug-likeness (QED) is 0.807. The normalized spacial score (nSPS) is 18.3. The Kier molecular flexibility index (Phi) is 4.83. The molecule has 1 unspecified atom stereocenters. The molecule has 2 aliphatic heterocycles. The van der Waals surface area contributed by atoms with Gasteiger partial charge in [-0.1, -0.05) is 32.0 Å². The van der Waals surface area contributed by atoms with Crippen LogP contribution < -0.4 is 10.1 Å². The minimum Gasteiger partial charge on any atom is -0.493 e. The van der Waals surface area contributed by atoms with Crippen molar-refractivity contribution in [2.75, 3.05) is 13.2 Å². The van der Waals surface area contributed by atoms with Crippen LogP contribution in [0.25, 0.3) is 0 Å². The van der Waals surface area contributed by atoms with E-state index in [2.05, 4.69) is 23.7 Å². The first-order valence-electron chi connectivity index (χ1n) is 9.81. The minimum absolute atomic E-state index is 0.204. The van der Waals surface area contributed by atoms with Crippen LogP contribution in [0.15, 0.2) is 24.3 Å². The third-order valence-electron chi connectivity index (χ3n) is 5.55. The van der Waals surface area contributed by atoms with E-state index in [0.717, 1.165) is 28.5 Å². The third-order valence-corrected chi connectivity index (χ3v) is 5.55. The number of benzene rings is 1. The Bertz CT molecular complexity index is 918. The molecule has 2 aromatic rings. The number of nitrogens with zero attached hydrogens (tertiary/aromatic N) is 3. The first-order chi connectivity index (χ1) is 13.5. The molecule has 0 spiro atoms. The molecule has 0 saturated heterocycles. The first kappa shape index (κ1) is 18.5. The van der Waals surface area contributed by atoms with Crippen LogP contribution in [0.5, 0.6) is 5.75 Å². The summed E-state index contributed by atoms with van der Waals surface area (Å²) >= 11 is 0. The lowest BCUT2D eigenvalue weighted by atomic mass is 10.0. The van der Waals surface area contributed by atoms with Crippen molar-refractivity contribution in [3.63, 3.8) is 0 Å². The van der Waals surface area contributed by atoms with Crippen molar-refractivity contribution in [1.29, 1.82) is 0 Å². The number of para-hydroxylation sites is 1. The molecule has 28 heavy (non-hydrogen) atoms. The molecule has 1 aromatic heterocycles. The average molecular weight is 382 g/mol. The topological polar surface area (TPSA) is 76.5 Å². The number of carbonyl (C=O) groups is 2. The second kappa shape index (κ2) is 7.30. The van der Waals surface area contributed by atoms with E-state index in [1.807, 2.05) is 31.3 Å². The molecule has 1 N–H and O–H groups in total. The molecule has 1 aromatic carbocycles. The highest BCUT2D eigenvalue weighted by Crippen LogP contribution is 2.31. The van der Waals surface area contributed by atoms with Crippen LogP contribution in [0.4, 0.5) is 0 Å². The molecule has 1 atom stereocenters. The van der Waals surface area contributed by atoms with Crippen LogP contribution >= 0.6 is 0 Å². The maximum absolute atomic E-state index is 12.8. The molecular weight excluding hydrogens is 356 g/mol. The summed E-state index contributed by atoms with van der Waals surface area (Å²) in [6.07, 6.45) is 1.36. The van der Waals surface area contributed by atoms with Crippen LogP contribution in [0.1, 0.15) is 55.0 Å². The highest BCUT2D eigenvalue weighted by Gasteiger charge is 2.31. The van der Waals surface area contributed by atoms with Gasteiger partial charge in [0.15, 0.2) is 0 Å². The molecule has 4 rings (SSSR count). The SMILES string of the molecule is CC(C)c1nc2c(n1C)CCN(C(=O)C(=O)NC1CCOc3ccccc31)C2. The maximum atomic E-state index is 12.8. The van der Waals surface area contributed by atoms with Crippen molar-refractivity contribution >= 4 is 11.8 Å². The number of fused-ring (bicyclic) bond motifs is 2. The summed E-state index contributed by atoms with van der Waals surface area (Å²) in [6.45, 7) is 5.65. The number of hydrogen-bond acceptors (Lipinski definition) is 4. The van der Waals surface area contributed by atoms with Gasteiger partial charge >= 0.3 is 11.8 Å². The zero-order valence-corrected chi connectivity index (χ0v) is 16.6. The van der Waals surface area contributed by atoms with Gasteiger partial charge in [-0.3, -0.25) is 9.59 Å². The molecule has 148 valence electrons. The molecule has 0 fully saturated rings. The van der Waals surface area contributed by atoms with Gasteiger partial charge in [0.25, 0.3) is 0 Å². The van der Waals surface area contributed by atoms with Gasteiger partial charge in [-0.25, -0.2) is 4.98 Å². The lowest BCUT2D eigenvalue weighted by Crippen LogP contribution is -2.46. The van der Waals surface area contributed by atoms with Gasteiger partial charge in [0.1, 0.15) is 11.6 Å². The van der Waals surface area contributed by atoms with E-state index < -0.39 is 11.8 Å². The fourth-order valence-electron chi connectivity index (χ4n) is 4.09. The zero-order chi connectivity index (χ0) is 19.8. The van der Waals surface area contributed by atoms with Crippen LogP contribution in [-0.2, 0) is 29.6 Å². The minimum atomic E-state index is -0.565. The van der Waals surface area contributed by atoms with Crippen molar-refractivity contribution in [2.45, 2.75) is 45.2 Å². The molecule has 0 aliphatic carbocycles. The summed E-state index contributed by atoms with van der Waals surface area (Å²) < 4.78 is 7.75. The van der Waals surface area contributed by atoms with Gasteiger partial charge in [0.05, 0.1) is 24.9 Å². The number of nitrogens with one attached hydrogen (secondary N) is 1. The molecule has 2 aliphatic rings. The zero-order valence-electron chi connectivity index (χ0n) is 16.6. The van der Waals surface area contributed by atoms with Crippen molar-refractivity contribution in [2.24, 2.45) is 7.05 Å². The van der Waals surface area contributed by atoms with E-state index in [-0.39, 0.29) is 6.04 Å². The summed E-state index contributed by atoms with van der Waals surface area (Å²) in [5.74, 6) is 1.04. The van der Waals surface area contributed by atoms with E-state index in [0.29, 0.717) is 38.5 Å². The number of ether oxygens (including phenoxy) is 1. The standard InChI is InChI=1S/C21H26N4O3/c1-13(2)19-22-16-12-25(10-8-17(16)24(19)3)21(27)20(26)23-15-9-11-28-18-7-5-4-6-14(15)18/h4-7,13,15H,8-12H2,1-3H3,(H,23,26). The number of amides is 2. The molecule has 0 saturated carbocycles. The fourth-order valence-corrected chi connectivity index (χ4v) is 4.09. The highest BCUT2D eigenvalue weighted by atomic mass is 16.5. The van der Waals surface area contributed by atoms with Crippen LogP contribution in [0.3, 0.4) is 0 Å². The number of carbonyl (C=O) groups excluding carboxylic acids is 2. The Hall–Kier alpha value is -2.83. The lowest BCUT2D eigenvalue weighted by molar-refractivity contribution is -0.147. The van der Waals surface area contributed by atoms with Crippen LogP contribution in [0, 0.1) is 0 Å². The summed E-state index contributed by atoms with van der Waals surface area (Å²) in [6, 6.07) is 7.42. The monoisotopic (exact) mass is 382 g/mol. The van der Waals surface area contributed by atoms with Crippen molar-refractivity contribution in [3.8, 4) is 5.75 Å². The van der Waals surface area contributed by atoms with Gasteiger partial charge in [-0.15, -0.1) is 0 Å². The Morgan fingerprint density at radius 3 is 2.86 bits per heavy atom. The summed E-state index contributed by atoms with van der Waals surface area (Å²) in [5.41, 5.74) is 2.98. The molecule has 2 amide bonds. The van der Waals surface area contributed by atoms with E-state index in [9.17, 15) is 9.59 Å². The number of hydrogen-bond donors (Lipinski definition) is 1. The second-order valence-electron chi connectivity index (χ2n) is 7.75. The molecule has 7 heteroatoms. The van der Waals surface area contributed by atoms with Crippen molar-refractivity contribution < 1.29 is 14.3 Å². The highest BCUT2D eigenvalue weighted by molar-refractivity contribution is 6.35. The van der Waals surface area contributed by atoms with Gasteiger partial charge in [0, 0.05) is 43.6 Å². The van der Waals surface area contributed by atoms with E-state index in [1.54, 1.807) is 4.90 Å². The first-order valence-corrected chi connectivity index (χ1v) is 9.81. The Labute approximate surface area is 164 Å². The fraction of sp³-hybridized carbons (Fsp3) is 0.476.